The van der Waals surface area contributed by atoms with Gasteiger partial charge in [-0.15, -0.1) is 0 Å². The molecular formula is C16H15Cl3N2. The zero-order chi connectivity index (χ0) is 15.4. The SMILES string of the molecule is CC(C)c1ccc(C=NNc2c(Cl)cc(Cl)cc2Cl)cc1. The lowest BCUT2D eigenvalue weighted by Crippen LogP contribution is -1.93. The average molecular weight is 342 g/mol. The van der Waals surface area contributed by atoms with Gasteiger partial charge in [-0.2, -0.15) is 5.10 Å². The zero-order valence-corrected chi connectivity index (χ0v) is 14.0. The first-order chi connectivity index (χ1) is 9.97. The molecule has 2 aromatic rings. The first-order valence-electron chi connectivity index (χ1n) is 6.51. The second-order valence-electron chi connectivity index (χ2n) is 4.94. The molecule has 2 rings (SSSR count). The number of halogens is 3. The Labute approximate surface area is 139 Å². The van der Waals surface area contributed by atoms with Crippen molar-refractivity contribution in [3.8, 4) is 0 Å². The maximum absolute atomic E-state index is 6.07. The Morgan fingerprint density at radius 2 is 1.57 bits per heavy atom. The molecule has 2 aromatic carbocycles. The molecule has 0 saturated heterocycles. The van der Waals surface area contributed by atoms with Gasteiger partial charge < -0.3 is 0 Å². The summed E-state index contributed by atoms with van der Waals surface area (Å²) in [6.07, 6.45) is 1.71. The van der Waals surface area contributed by atoms with Crippen LogP contribution in [0.25, 0.3) is 0 Å². The summed E-state index contributed by atoms with van der Waals surface area (Å²) >= 11 is 18.0. The quantitative estimate of drug-likeness (QED) is 0.518. The Hall–Kier alpha value is -1.22. The molecule has 0 heterocycles. The smallest absolute Gasteiger partial charge is 0.0935 e. The molecule has 2 nitrogen and oxygen atoms in total. The number of nitrogens with one attached hydrogen (secondary N) is 1. The summed E-state index contributed by atoms with van der Waals surface area (Å²) in [5.74, 6) is 0.515. The van der Waals surface area contributed by atoms with Gasteiger partial charge in [0.15, 0.2) is 0 Å². The van der Waals surface area contributed by atoms with Crippen molar-refractivity contribution in [3.05, 3.63) is 62.6 Å². The number of hydrazone groups is 1. The summed E-state index contributed by atoms with van der Waals surface area (Å²) in [4.78, 5) is 0. The third kappa shape index (κ3) is 4.37. The molecule has 0 aliphatic heterocycles. The van der Waals surface area contributed by atoms with Crippen molar-refractivity contribution in [3.63, 3.8) is 0 Å². The summed E-state index contributed by atoms with van der Waals surface area (Å²) in [6, 6.07) is 11.5. The second-order valence-corrected chi connectivity index (χ2v) is 6.19. The molecule has 0 unspecified atom stereocenters. The van der Waals surface area contributed by atoms with Crippen LogP contribution in [-0.4, -0.2) is 6.21 Å². The minimum absolute atomic E-state index is 0.430. The topological polar surface area (TPSA) is 24.4 Å². The van der Waals surface area contributed by atoms with Crippen molar-refractivity contribution in [2.45, 2.75) is 19.8 Å². The van der Waals surface area contributed by atoms with Crippen LogP contribution < -0.4 is 5.43 Å². The van der Waals surface area contributed by atoms with Crippen molar-refractivity contribution in [1.82, 2.24) is 0 Å². The zero-order valence-electron chi connectivity index (χ0n) is 11.7. The molecule has 0 spiro atoms. The second kappa shape index (κ2) is 7.17. The molecule has 110 valence electrons. The minimum atomic E-state index is 0.430. The Morgan fingerprint density at radius 3 is 2.10 bits per heavy atom. The Balaban J connectivity index is 2.09. The average Bonchev–Trinajstić information content (AvgIpc) is 2.42. The van der Waals surface area contributed by atoms with Crippen LogP contribution in [0.3, 0.4) is 0 Å². The molecule has 0 radical (unpaired) electrons. The summed E-state index contributed by atoms with van der Waals surface area (Å²) < 4.78 is 0. The highest BCUT2D eigenvalue weighted by atomic mass is 35.5. The van der Waals surface area contributed by atoms with Gasteiger partial charge in [0.05, 0.1) is 21.9 Å². The van der Waals surface area contributed by atoms with Crippen LogP contribution in [0.15, 0.2) is 41.5 Å². The lowest BCUT2D eigenvalue weighted by Gasteiger charge is -2.07. The molecule has 0 amide bonds. The van der Waals surface area contributed by atoms with Crippen LogP contribution in [-0.2, 0) is 0 Å². The van der Waals surface area contributed by atoms with E-state index in [2.05, 4.69) is 36.5 Å². The van der Waals surface area contributed by atoms with Crippen LogP contribution in [0.2, 0.25) is 15.1 Å². The molecule has 0 aromatic heterocycles. The van der Waals surface area contributed by atoms with Gasteiger partial charge in [0.1, 0.15) is 0 Å². The lowest BCUT2D eigenvalue weighted by atomic mass is 10.0. The summed E-state index contributed by atoms with van der Waals surface area (Å²) in [5, 5.41) is 5.50. The van der Waals surface area contributed by atoms with E-state index in [0.29, 0.717) is 26.7 Å². The highest BCUT2D eigenvalue weighted by molar-refractivity contribution is 6.41. The van der Waals surface area contributed by atoms with Crippen LogP contribution in [0.4, 0.5) is 5.69 Å². The predicted molar refractivity (Wildman–Crippen MR) is 93.2 cm³/mol. The Kier molecular flexibility index (Phi) is 5.51. The third-order valence-electron chi connectivity index (χ3n) is 3.00. The number of rotatable bonds is 4. The first-order valence-corrected chi connectivity index (χ1v) is 7.64. The van der Waals surface area contributed by atoms with Gasteiger partial charge in [0.2, 0.25) is 0 Å². The number of nitrogens with zero attached hydrogens (tertiary/aromatic N) is 1. The molecule has 21 heavy (non-hydrogen) atoms. The summed E-state index contributed by atoms with van der Waals surface area (Å²) in [5.41, 5.74) is 5.67. The normalized spacial score (nSPS) is 11.3. The van der Waals surface area contributed by atoms with Crippen molar-refractivity contribution in [2.24, 2.45) is 5.10 Å². The third-order valence-corrected chi connectivity index (χ3v) is 3.81. The van der Waals surface area contributed by atoms with E-state index in [9.17, 15) is 0 Å². The molecule has 0 atom stereocenters. The fraction of sp³-hybridized carbons (Fsp3) is 0.188. The van der Waals surface area contributed by atoms with Gasteiger partial charge in [0, 0.05) is 5.02 Å². The molecule has 5 heteroatoms. The van der Waals surface area contributed by atoms with E-state index in [4.69, 9.17) is 34.8 Å². The molecule has 0 saturated carbocycles. The highest BCUT2D eigenvalue weighted by Crippen LogP contribution is 2.33. The molecule has 0 aliphatic carbocycles. The van der Waals surface area contributed by atoms with E-state index >= 15 is 0 Å². The maximum Gasteiger partial charge on any atom is 0.0935 e. The lowest BCUT2D eigenvalue weighted by molar-refractivity contribution is 0.866. The molecule has 0 aliphatic rings. The van der Waals surface area contributed by atoms with Gasteiger partial charge in [0.25, 0.3) is 0 Å². The van der Waals surface area contributed by atoms with E-state index in [-0.39, 0.29) is 0 Å². The van der Waals surface area contributed by atoms with Crippen molar-refractivity contribution >= 4 is 46.7 Å². The molecule has 1 N–H and O–H groups in total. The Morgan fingerprint density at radius 1 is 1.00 bits per heavy atom. The molecule has 0 fully saturated rings. The van der Waals surface area contributed by atoms with E-state index in [1.165, 1.54) is 5.56 Å². The van der Waals surface area contributed by atoms with E-state index < -0.39 is 0 Å². The van der Waals surface area contributed by atoms with Gasteiger partial charge in [-0.3, -0.25) is 5.43 Å². The minimum Gasteiger partial charge on any atom is -0.275 e. The van der Waals surface area contributed by atoms with Crippen molar-refractivity contribution in [1.29, 1.82) is 0 Å². The fourth-order valence-electron chi connectivity index (χ4n) is 1.79. The van der Waals surface area contributed by atoms with Gasteiger partial charge in [-0.1, -0.05) is 72.9 Å². The van der Waals surface area contributed by atoms with Crippen LogP contribution in [0.5, 0.6) is 0 Å². The van der Waals surface area contributed by atoms with E-state index in [1.54, 1.807) is 18.3 Å². The van der Waals surface area contributed by atoms with Crippen molar-refractivity contribution < 1.29 is 0 Å². The fourth-order valence-corrected chi connectivity index (χ4v) is 2.69. The number of hydrogen-bond donors (Lipinski definition) is 1. The number of benzene rings is 2. The standard InChI is InChI=1S/C16H15Cl3N2/c1-10(2)12-5-3-11(4-6-12)9-20-21-16-14(18)7-13(17)8-15(16)19/h3-10,21H,1-2H3. The molecular weight excluding hydrogens is 327 g/mol. The van der Waals surface area contributed by atoms with Crippen molar-refractivity contribution in [2.75, 3.05) is 5.43 Å². The van der Waals surface area contributed by atoms with E-state index in [0.717, 1.165) is 5.56 Å². The van der Waals surface area contributed by atoms with Gasteiger partial charge >= 0.3 is 0 Å². The maximum atomic E-state index is 6.07. The summed E-state index contributed by atoms with van der Waals surface area (Å²) in [7, 11) is 0. The summed E-state index contributed by atoms with van der Waals surface area (Å²) in [6.45, 7) is 4.32. The van der Waals surface area contributed by atoms with Gasteiger partial charge in [-0.25, -0.2) is 0 Å². The Bertz CT molecular complexity index is 626. The largest absolute Gasteiger partial charge is 0.275 e. The highest BCUT2D eigenvalue weighted by Gasteiger charge is 2.06. The van der Waals surface area contributed by atoms with Crippen LogP contribution >= 0.6 is 34.8 Å². The number of anilines is 1. The monoisotopic (exact) mass is 340 g/mol. The molecule has 0 bridgehead atoms. The van der Waals surface area contributed by atoms with Gasteiger partial charge in [-0.05, 0) is 29.2 Å². The first kappa shape index (κ1) is 16.2. The van der Waals surface area contributed by atoms with Crippen LogP contribution in [0, 0.1) is 0 Å². The predicted octanol–water partition coefficient (Wildman–Crippen LogP) is 6.22. The number of hydrogen-bond acceptors (Lipinski definition) is 2. The van der Waals surface area contributed by atoms with E-state index in [1.807, 2.05) is 12.1 Å². The van der Waals surface area contributed by atoms with Crippen LogP contribution in [0.1, 0.15) is 30.9 Å².